The Labute approximate surface area is 78.8 Å². The first-order chi connectivity index (χ1) is 6.36. The Morgan fingerprint density at radius 3 is 1.77 bits per heavy atom. The van der Waals surface area contributed by atoms with Crippen molar-refractivity contribution in [2.24, 2.45) is 0 Å². The zero-order valence-electron chi connectivity index (χ0n) is 7.75. The van der Waals surface area contributed by atoms with E-state index in [1.54, 1.807) is 0 Å². The van der Waals surface area contributed by atoms with Crippen molar-refractivity contribution in [3.05, 3.63) is 24.3 Å². The number of benzene rings is 1. The highest BCUT2D eigenvalue weighted by atomic mass is 16.1. The Hall–Kier alpha value is -1.11. The van der Waals surface area contributed by atoms with Crippen molar-refractivity contribution in [3.8, 4) is 11.1 Å². The largest absolute Gasteiger partial charge is 0.300 e. The van der Waals surface area contributed by atoms with E-state index in [0.29, 0.717) is 5.78 Å². The minimum atomic E-state index is 0.464. The smallest absolute Gasteiger partial charge is 0.132 e. The molecule has 0 N–H and O–H groups in total. The zero-order chi connectivity index (χ0) is 9.10. The van der Waals surface area contributed by atoms with E-state index in [1.165, 1.54) is 17.5 Å². The van der Waals surface area contributed by atoms with Crippen LogP contribution < -0.4 is 0 Å². The molecule has 1 heteroatoms. The second-order valence-electron chi connectivity index (χ2n) is 3.68. The first kappa shape index (κ1) is 8.49. The highest BCUT2D eigenvalue weighted by molar-refractivity contribution is 5.80. The molecule has 68 valence electrons. The van der Waals surface area contributed by atoms with Gasteiger partial charge < -0.3 is 0 Å². The van der Waals surface area contributed by atoms with Crippen LogP contribution in [0.5, 0.6) is 0 Å². The zero-order valence-corrected chi connectivity index (χ0v) is 7.75. The molecule has 0 aromatic carbocycles. The van der Waals surface area contributed by atoms with E-state index in [1.807, 2.05) is 0 Å². The van der Waals surface area contributed by atoms with Crippen LogP contribution in [0.4, 0.5) is 0 Å². The molecule has 0 aliphatic heterocycles. The summed E-state index contributed by atoms with van der Waals surface area (Å²) in [5, 5.41) is 0. The van der Waals surface area contributed by atoms with E-state index >= 15 is 0 Å². The maximum Gasteiger partial charge on any atom is 0.132 e. The highest BCUT2D eigenvalue weighted by Crippen LogP contribution is 2.32. The van der Waals surface area contributed by atoms with Crippen LogP contribution in [0, 0.1) is 0 Å². The summed E-state index contributed by atoms with van der Waals surface area (Å²) in [6.07, 6.45) is 5.24. The molecule has 1 nitrogen and oxygen atoms in total. The lowest BCUT2D eigenvalue weighted by Gasteiger charge is -2.05. The number of hydrogen-bond donors (Lipinski definition) is 0. The Morgan fingerprint density at radius 1 is 0.923 bits per heavy atom. The van der Waals surface area contributed by atoms with Gasteiger partial charge >= 0.3 is 0 Å². The molecule has 13 heavy (non-hydrogen) atoms. The third kappa shape index (κ3) is 2.41. The standard InChI is InChI=1S/C6H10O.C6H4/c7-6-4-2-1-3-5-6;1-2-5-4-6(5)3-1/h1-5H2;1-4H. The lowest BCUT2D eigenvalue weighted by atomic mass is 10.00. The van der Waals surface area contributed by atoms with Gasteiger partial charge in [-0.1, -0.05) is 24.6 Å². The number of carbonyl (C=O) groups is 1. The molecule has 3 aliphatic rings. The fourth-order valence-corrected chi connectivity index (χ4v) is 1.62. The van der Waals surface area contributed by atoms with Gasteiger partial charge in [0.25, 0.3) is 0 Å². The summed E-state index contributed by atoms with van der Waals surface area (Å²) in [6, 6.07) is 8.48. The topological polar surface area (TPSA) is 17.1 Å². The molecule has 0 atom stereocenters. The summed E-state index contributed by atoms with van der Waals surface area (Å²) >= 11 is 0. The van der Waals surface area contributed by atoms with Crippen LogP contribution in [0.3, 0.4) is 0 Å². The van der Waals surface area contributed by atoms with Crippen LogP contribution in [0.1, 0.15) is 32.1 Å². The van der Waals surface area contributed by atoms with Crippen LogP contribution in [0.2, 0.25) is 0 Å². The lowest BCUT2D eigenvalue weighted by molar-refractivity contribution is -0.120. The molecular formula is C12H14O. The molecule has 0 spiro atoms. The first-order valence-electron chi connectivity index (χ1n) is 4.98. The fraction of sp³-hybridized carbons (Fsp3) is 0.417. The SMILES string of the molecule is O=C1CCCCC1.c1cc2cc-2c1. The molecule has 3 aliphatic carbocycles. The third-order valence-electron chi connectivity index (χ3n) is 2.52. The predicted molar refractivity (Wildman–Crippen MR) is 53.5 cm³/mol. The van der Waals surface area contributed by atoms with Crippen molar-refractivity contribution in [3.63, 3.8) is 0 Å². The molecule has 1 fully saturated rings. The van der Waals surface area contributed by atoms with Crippen molar-refractivity contribution in [1.29, 1.82) is 0 Å². The summed E-state index contributed by atoms with van der Waals surface area (Å²) < 4.78 is 0. The van der Waals surface area contributed by atoms with Gasteiger partial charge in [0, 0.05) is 12.8 Å². The third-order valence-corrected chi connectivity index (χ3v) is 2.52. The summed E-state index contributed by atoms with van der Waals surface area (Å²) in [4.78, 5) is 10.5. The van der Waals surface area contributed by atoms with Gasteiger partial charge in [-0.05, 0) is 30.0 Å². The van der Waals surface area contributed by atoms with Crippen molar-refractivity contribution >= 4 is 5.78 Å². The quantitative estimate of drug-likeness (QED) is 0.599. The van der Waals surface area contributed by atoms with Crippen molar-refractivity contribution in [2.45, 2.75) is 32.1 Å². The van der Waals surface area contributed by atoms with Crippen LogP contribution in [0.25, 0.3) is 11.1 Å². The number of carbonyl (C=O) groups excluding carboxylic acids is 1. The van der Waals surface area contributed by atoms with E-state index in [-0.39, 0.29) is 0 Å². The van der Waals surface area contributed by atoms with Crippen LogP contribution in [0.15, 0.2) is 24.3 Å². The van der Waals surface area contributed by atoms with Crippen LogP contribution in [-0.2, 0) is 4.79 Å². The highest BCUT2D eigenvalue weighted by Gasteiger charge is 2.07. The summed E-state index contributed by atoms with van der Waals surface area (Å²) in [5.74, 6) is 0.464. The predicted octanol–water partition coefficient (Wildman–Crippen LogP) is 3.19. The number of rotatable bonds is 0. The van der Waals surface area contributed by atoms with Gasteiger partial charge in [0.2, 0.25) is 0 Å². The average molecular weight is 174 g/mol. The summed E-state index contributed by atoms with van der Waals surface area (Å²) in [7, 11) is 0. The van der Waals surface area contributed by atoms with Gasteiger partial charge in [0.05, 0.1) is 0 Å². The fourth-order valence-electron chi connectivity index (χ4n) is 1.62. The van der Waals surface area contributed by atoms with Crippen LogP contribution >= 0.6 is 0 Å². The maximum absolute atomic E-state index is 10.5. The molecule has 3 rings (SSSR count). The van der Waals surface area contributed by atoms with Gasteiger partial charge in [0.15, 0.2) is 0 Å². The Kier molecular flexibility index (Phi) is 2.44. The molecule has 0 aromatic heterocycles. The number of Topliss-reactive ketones (excluding diaryl/α,β-unsaturated/α-hetero) is 1. The minimum Gasteiger partial charge on any atom is -0.300 e. The van der Waals surface area contributed by atoms with Gasteiger partial charge in [-0.15, -0.1) is 0 Å². The van der Waals surface area contributed by atoms with Gasteiger partial charge in [0.1, 0.15) is 5.78 Å². The molecule has 0 unspecified atom stereocenters. The summed E-state index contributed by atoms with van der Waals surface area (Å²) in [6.45, 7) is 0. The minimum absolute atomic E-state index is 0.464. The number of ketones is 1. The maximum atomic E-state index is 10.5. The second kappa shape index (κ2) is 3.73. The Bertz CT molecular complexity index is 289. The average Bonchev–Trinajstić information content (AvgIpc) is 2.76. The molecule has 0 saturated heterocycles. The van der Waals surface area contributed by atoms with Gasteiger partial charge in [-0.25, -0.2) is 0 Å². The Balaban J connectivity index is 0.000000101. The number of hydrogen-bond acceptors (Lipinski definition) is 1. The van der Waals surface area contributed by atoms with Gasteiger partial charge in [-0.3, -0.25) is 4.79 Å². The van der Waals surface area contributed by atoms with E-state index in [9.17, 15) is 4.79 Å². The van der Waals surface area contributed by atoms with Crippen molar-refractivity contribution in [2.75, 3.05) is 0 Å². The molecule has 0 aromatic rings. The molecule has 0 radical (unpaired) electrons. The molecule has 0 amide bonds. The lowest BCUT2D eigenvalue weighted by Crippen LogP contribution is -2.02. The summed E-state index contributed by atoms with van der Waals surface area (Å²) in [5.41, 5.74) is 2.85. The molecule has 0 heterocycles. The van der Waals surface area contributed by atoms with E-state index in [0.717, 1.165) is 25.7 Å². The normalized spacial score (nSPS) is 17.4. The number of fused-ring (bicyclic) bond motifs is 1. The van der Waals surface area contributed by atoms with Crippen molar-refractivity contribution in [1.82, 2.24) is 0 Å². The molecule has 0 bridgehead atoms. The van der Waals surface area contributed by atoms with Crippen molar-refractivity contribution < 1.29 is 4.79 Å². The second-order valence-corrected chi connectivity index (χ2v) is 3.68. The van der Waals surface area contributed by atoms with E-state index in [2.05, 4.69) is 24.3 Å². The monoisotopic (exact) mass is 174 g/mol. The molecular weight excluding hydrogens is 160 g/mol. The van der Waals surface area contributed by atoms with Crippen LogP contribution in [-0.4, -0.2) is 5.78 Å². The first-order valence-corrected chi connectivity index (χ1v) is 4.98. The van der Waals surface area contributed by atoms with E-state index < -0.39 is 0 Å². The van der Waals surface area contributed by atoms with E-state index in [4.69, 9.17) is 0 Å². The van der Waals surface area contributed by atoms with Gasteiger partial charge in [-0.2, -0.15) is 0 Å². The molecule has 1 saturated carbocycles. The Morgan fingerprint density at radius 2 is 1.54 bits per heavy atom.